The molecular weight excluding hydrogens is 200 g/mol. The van der Waals surface area contributed by atoms with Crippen molar-refractivity contribution in [2.45, 2.75) is 18.9 Å². The zero-order valence-corrected chi connectivity index (χ0v) is 8.63. The predicted octanol–water partition coefficient (Wildman–Crippen LogP) is 2.00. The maximum Gasteiger partial charge on any atom is 0.128 e. The first-order valence-electron chi connectivity index (χ1n) is 4.92. The zero-order chi connectivity index (χ0) is 11.3. The van der Waals surface area contributed by atoms with Gasteiger partial charge in [-0.25, -0.2) is 8.78 Å². The first kappa shape index (κ1) is 12.1. The fourth-order valence-corrected chi connectivity index (χ4v) is 1.53. The van der Waals surface area contributed by atoms with Crippen LogP contribution in [0.3, 0.4) is 0 Å². The Balaban J connectivity index is 2.85. The highest BCUT2D eigenvalue weighted by Crippen LogP contribution is 2.21. The van der Waals surface area contributed by atoms with E-state index < -0.39 is 11.6 Å². The normalized spacial score (nSPS) is 12.8. The first-order chi connectivity index (χ1) is 7.19. The van der Waals surface area contributed by atoms with Gasteiger partial charge in [0.15, 0.2) is 0 Å². The molecule has 2 nitrogen and oxygen atoms in total. The Morgan fingerprint density at radius 1 is 1.40 bits per heavy atom. The molecule has 2 N–H and O–H groups in total. The maximum absolute atomic E-state index is 13.4. The number of halogens is 2. The van der Waals surface area contributed by atoms with Crippen molar-refractivity contribution in [3.05, 3.63) is 35.4 Å². The number of rotatable bonds is 5. The van der Waals surface area contributed by atoms with Gasteiger partial charge in [-0.3, -0.25) is 0 Å². The minimum atomic E-state index is -0.448. The highest BCUT2D eigenvalue weighted by atomic mass is 19.1. The number of aliphatic hydroxyl groups is 1. The van der Waals surface area contributed by atoms with E-state index in [-0.39, 0.29) is 12.6 Å². The average Bonchev–Trinajstić information content (AvgIpc) is 2.24. The second kappa shape index (κ2) is 5.78. The molecule has 0 saturated carbocycles. The molecule has 0 fully saturated rings. The van der Waals surface area contributed by atoms with Crippen molar-refractivity contribution in [1.82, 2.24) is 5.32 Å². The van der Waals surface area contributed by atoms with Crippen LogP contribution in [-0.4, -0.2) is 18.8 Å². The van der Waals surface area contributed by atoms with E-state index in [1.165, 1.54) is 6.07 Å². The molecule has 0 bridgehead atoms. The monoisotopic (exact) mass is 215 g/mol. The van der Waals surface area contributed by atoms with Crippen molar-refractivity contribution in [3.63, 3.8) is 0 Å². The van der Waals surface area contributed by atoms with Crippen LogP contribution in [0.1, 0.15) is 24.4 Å². The fraction of sp³-hybridized carbons (Fsp3) is 0.455. The zero-order valence-electron chi connectivity index (χ0n) is 8.63. The summed E-state index contributed by atoms with van der Waals surface area (Å²) in [5.41, 5.74) is 0.311. The molecule has 0 spiro atoms. The number of aliphatic hydroxyl groups excluding tert-OH is 1. The molecule has 0 amide bonds. The van der Waals surface area contributed by atoms with E-state index in [1.807, 2.05) is 0 Å². The predicted molar refractivity (Wildman–Crippen MR) is 54.5 cm³/mol. The molecule has 4 heteroatoms. The summed E-state index contributed by atoms with van der Waals surface area (Å²) in [7, 11) is 1.69. The first-order valence-corrected chi connectivity index (χ1v) is 4.92. The number of benzene rings is 1. The molecule has 1 rings (SSSR count). The van der Waals surface area contributed by atoms with Gasteiger partial charge in [-0.05, 0) is 38.1 Å². The summed E-state index contributed by atoms with van der Waals surface area (Å²) < 4.78 is 26.3. The van der Waals surface area contributed by atoms with Crippen molar-refractivity contribution in [3.8, 4) is 0 Å². The summed E-state index contributed by atoms with van der Waals surface area (Å²) in [6.07, 6.45) is 1.13. The van der Waals surface area contributed by atoms with Gasteiger partial charge in [0.05, 0.1) is 0 Å². The highest BCUT2D eigenvalue weighted by Gasteiger charge is 2.14. The molecule has 0 aromatic heterocycles. The Morgan fingerprint density at radius 2 is 2.13 bits per heavy atom. The van der Waals surface area contributed by atoms with E-state index >= 15 is 0 Å². The van der Waals surface area contributed by atoms with E-state index in [9.17, 15) is 8.78 Å². The SMILES string of the molecule is CNC(CCCO)c1cc(F)ccc1F. The Hall–Kier alpha value is -1.00. The summed E-state index contributed by atoms with van der Waals surface area (Å²) in [6.45, 7) is 0.0507. The number of nitrogens with one attached hydrogen (secondary N) is 1. The van der Waals surface area contributed by atoms with Crippen LogP contribution in [0.2, 0.25) is 0 Å². The minimum absolute atomic E-state index is 0.0507. The van der Waals surface area contributed by atoms with Crippen LogP contribution < -0.4 is 5.32 Å². The van der Waals surface area contributed by atoms with Crippen LogP contribution in [-0.2, 0) is 0 Å². The fourth-order valence-electron chi connectivity index (χ4n) is 1.53. The van der Waals surface area contributed by atoms with Crippen LogP contribution >= 0.6 is 0 Å². The topological polar surface area (TPSA) is 32.3 Å². The molecule has 84 valence electrons. The van der Waals surface area contributed by atoms with Crippen LogP contribution in [0.25, 0.3) is 0 Å². The molecule has 1 aromatic carbocycles. The van der Waals surface area contributed by atoms with Crippen molar-refractivity contribution in [1.29, 1.82) is 0 Å². The van der Waals surface area contributed by atoms with Crippen LogP contribution in [0.5, 0.6) is 0 Å². The van der Waals surface area contributed by atoms with E-state index in [0.29, 0.717) is 18.4 Å². The smallest absolute Gasteiger partial charge is 0.128 e. The lowest BCUT2D eigenvalue weighted by Gasteiger charge is -2.16. The third-order valence-electron chi connectivity index (χ3n) is 2.33. The molecule has 1 atom stereocenters. The summed E-state index contributed by atoms with van der Waals surface area (Å²) in [4.78, 5) is 0. The molecule has 15 heavy (non-hydrogen) atoms. The minimum Gasteiger partial charge on any atom is -0.396 e. The van der Waals surface area contributed by atoms with Gasteiger partial charge in [-0.1, -0.05) is 0 Å². The Morgan fingerprint density at radius 3 is 2.73 bits per heavy atom. The van der Waals surface area contributed by atoms with Crippen molar-refractivity contribution < 1.29 is 13.9 Å². The van der Waals surface area contributed by atoms with Gasteiger partial charge < -0.3 is 10.4 Å². The molecule has 0 aliphatic rings. The molecule has 1 aromatic rings. The summed E-state index contributed by atoms with van der Waals surface area (Å²) in [5, 5.41) is 11.6. The third-order valence-corrected chi connectivity index (χ3v) is 2.33. The van der Waals surface area contributed by atoms with Crippen LogP contribution in [0.4, 0.5) is 8.78 Å². The quantitative estimate of drug-likeness (QED) is 0.787. The van der Waals surface area contributed by atoms with Crippen molar-refractivity contribution in [2.24, 2.45) is 0 Å². The molecule has 0 aliphatic heterocycles. The van der Waals surface area contributed by atoms with Crippen molar-refractivity contribution in [2.75, 3.05) is 13.7 Å². The van der Waals surface area contributed by atoms with Crippen LogP contribution in [0.15, 0.2) is 18.2 Å². The van der Waals surface area contributed by atoms with E-state index in [0.717, 1.165) is 12.1 Å². The molecule has 0 radical (unpaired) electrons. The van der Waals surface area contributed by atoms with Gasteiger partial charge >= 0.3 is 0 Å². The highest BCUT2D eigenvalue weighted by molar-refractivity contribution is 5.22. The Kier molecular flexibility index (Phi) is 4.65. The molecular formula is C11H15F2NO. The summed E-state index contributed by atoms with van der Waals surface area (Å²) in [5.74, 6) is -0.871. The summed E-state index contributed by atoms with van der Waals surface area (Å²) >= 11 is 0. The second-order valence-electron chi connectivity index (χ2n) is 3.37. The lowest BCUT2D eigenvalue weighted by atomic mass is 10.0. The van der Waals surface area contributed by atoms with E-state index in [1.54, 1.807) is 7.05 Å². The van der Waals surface area contributed by atoms with Crippen LogP contribution in [0, 0.1) is 11.6 Å². The molecule has 1 unspecified atom stereocenters. The van der Waals surface area contributed by atoms with Gasteiger partial charge in [-0.2, -0.15) is 0 Å². The van der Waals surface area contributed by atoms with Gasteiger partial charge in [0, 0.05) is 18.2 Å². The lowest BCUT2D eigenvalue weighted by molar-refractivity contribution is 0.276. The summed E-state index contributed by atoms with van der Waals surface area (Å²) in [6, 6.07) is 3.15. The maximum atomic E-state index is 13.4. The lowest BCUT2D eigenvalue weighted by Crippen LogP contribution is -2.18. The molecule has 0 saturated heterocycles. The van der Waals surface area contributed by atoms with Gasteiger partial charge in [-0.15, -0.1) is 0 Å². The number of hydrogen-bond acceptors (Lipinski definition) is 2. The standard InChI is InChI=1S/C11H15F2NO/c1-14-11(3-2-6-15)9-7-8(12)4-5-10(9)13/h4-5,7,11,14-15H,2-3,6H2,1H3. The molecule has 0 heterocycles. The van der Waals surface area contributed by atoms with E-state index in [2.05, 4.69) is 5.32 Å². The van der Waals surface area contributed by atoms with E-state index in [4.69, 9.17) is 5.11 Å². The number of hydrogen-bond donors (Lipinski definition) is 2. The average molecular weight is 215 g/mol. The van der Waals surface area contributed by atoms with Gasteiger partial charge in [0.1, 0.15) is 11.6 Å². The Labute approximate surface area is 87.9 Å². The van der Waals surface area contributed by atoms with Crippen molar-refractivity contribution >= 4 is 0 Å². The third kappa shape index (κ3) is 3.25. The van der Waals surface area contributed by atoms with Gasteiger partial charge in [0.25, 0.3) is 0 Å². The second-order valence-corrected chi connectivity index (χ2v) is 3.37. The molecule has 0 aliphatic carbocycles. The van der Waals surface area contributed by atoms with Gasteiger partial charge in [0.2, 0.25) is 0 Å². The Bertz CT molecular complexity index is 317. The largest absolute Gasteiger partial charge is 0.396 e.